The molecule has 0 bridgehead atoms. The lowest BCUT2D eigenvalue weighted by molar-refractivity contribution is -0.137. The third-order valence-electron chi connectivity index (χ3n) is 4.20. The average molecular weight is 481 g/mol. The Morgan fingerprint density at radius 3 is 2.43 bits per heavy atom. The normalized spacial score (nSPS) is 12.3. The maximum Gasteiger partial charge on any atom is 0.421 e. The molecule has 9 heteroatoms. The van der Waals surface area contributed by atoms with Gasteiger partial charge in [-0.15, -0.1) is 0 Å². The monoisotopic (exact) mass is 480 g/mol. The summed E-state index contributed by atoms with van der Waals surface area (Å²) < 4.78 is 46.7. The van der Waals surface area contributed by atoms with Crippen LogP contribution < -0.4 is 15.4 Å². The van der Waals surface area contributed by atoms with Crippen LogP contribution >= 0.6 is 15.9 Å². The van der Waals surface area contributed by atoms with Crippen LogP contribution in [0.4, 0.5) is 36.3 Å². The van der Waals surface area contributed by atoms with Crippen molar-refractivity contribution in [3.05, 3.63) is 64.8 Å². The molecule has 0 radical (unpaired) electrons. The van der Waals surface area contributed by atoms with Gasteiger partial charge in [-0.05, 0) is 55.8 Å². The van der Waals surface area contributed by atoms with Crippen LogP contribution in [0.3, 0.4) is 0 Å². The summed E-state index contributed by atoms with van der Waals surface area (Å²) in [5, 5.41) is 5.64. The summed E-state index contributed by atoms with van der Waals surface area (Å²) in [6.45, 7) is 4.00. The Bertz CT molecular complexity index is 996. The summed E-state index contributed by atoms with van der Waals surface area (Å²) in [4.78, 5) is 7.87. The molecular weight excluding hydrogens is 461 g/mol. The van der Waals surface area contributed by atoms with Crippen LogP contribution in [-0.4, -0.2) is 16.1 Å². The van der Waals surface area contributed by atoms with E-state index in [1.54, 1.807) is 48.5 Å². The minimum atomic E-state index is -4.60. The van der Waals surface area contributed by atoms with E-state index in [0.29, 0.717) is 17.1 Å². The summed E-state index contributed by atoms with van der Waals surface area (Å²) >= 11 is 3.30. The number of ether oxygens (including phenoxy) is 1. The molecule has 3 rings (SSSR count). The SMILES string of the molecule is CCC(C)Oc1ccc(Nc2ncc(C(F)(F)F)c(Nc3cccc(Br)c3)n2)cc1. The number of nitrogens with one attached hydrogen (secondary N) is 2. The highest BCUT2D eigenvalue weighted by atomic mass is 79.9. The van der Waals surface area contributed by atoms with Gasteiger partial charge in [0.1, 0.15) is 17.1 Å². The van der Waals surface area contributed by atoms with Crippen LogP contribution in [0.1, 0.15) is 25.8 Å². The van der Waals surface area contributed by atoms with Gasteiger partial charge < -0.3 is 15.4 Å². The van der Waals surface area contributed by atoms with E-state index in [4.69, 9.17) is 4.74 Å². The fourth-order valence-electron chi connectivity index (χ4n) is 2.51. The Morgan fingerprint density at radius 2 is 1.80 bits per heavy atom. The van der Waals surface area contributed by atoms with Crippen LogP contribution in [0.15, 0.2) is 59.2 Å². The van der Waals surface area contributed by atoms with Crippen LogP contribution in [0.2, 0.25) is 0 Å². The molecule has 0 fully saturated rings. The van der Waals surface area contributed by atoms with Crippen molar-refractivity contribution in [3.63, 3.8) is 0 Å². The molecule has 1 atom stereocenters. The molecule has 0 saturated heterocycles. The second kappa shape index (κ2) is 9.34. The molecule has 0 aliphatic carbocycles. The van der Waals surface area contributed by atoms with E-state index in [1.807, 2.05) is 13.8 Å². The van der Waals surface area contributed by atoms with Gasteiger partial charge in [0.2, 0.25) is 5.95 Å². The summed E-state index contributed by atoms with van der Waals surface area (Å²) in [5.74, 6) is 0.408. The minimum absolute atomic E-state index is 0.0380. The van der Waals surface area contributed by atoms with Crippen molar-refractivity contribution in [1.29, 1.82) is 0 Å². The number of halogens is 4. The van der Waals surface area contributed by atoms with Gasteiger partial charge in [-0.3, -0.25) is 0 Å². The Hall–Kier alpha value is -2.81. The van der Waals surface area contributed by atoms with Crippen molar-refractivity contribution < 1.29 is 17.9 Å². The zero-order chi connectivity index (χ0) is 21.7. The molecular formula is C21H20BrF3N4O. The first kappa shape index (κ1) is 21.9. The average Bonchev–Trinajstić information content (AvgIpc) is 2.68. The summed E-state index contributed by atoms with van der Waals surface area (Å²) in [6.07, 6.45) is -2.86. The summed E-state index contributed by atoms with van der Waals surface area (Å²) in [5.41, 5.74) is 0.135. The van der Waals surface area contributed by atoms with Gasteiger partial charge in [-0.25, -0.2) is 4.98 Å². The molecule has 3 aromatic rings. The molecule has 2 aromatic carbocycles. The highest BCUT2D eigenvalue weighted by Crippen LogP contribution is 2.35. The molecule has 1 unspecified atom stereocenters. The molecule has 2 N–H and O–H groups in total. The molecule has 0 saturated carbocycles. The highest BCUT2D eigenvalue weighted by molar-refractivity contribution is 9.10. The van der Waals surface area contributed by atoms with Gasteiger partial charge in [-0.2, -0.15) is 18.2 Å². The van der Waals surface area contributed by atoms with Gasteiger partial charge in [-0.1, -0.05) is 28.9 Å². The van der Waals surface area contributed by atoms with Crippen molar-refractivity contribution in [1.82, 2.24) is 9.97 Å². The maximum atomic E-state index is 13.4. The standard InChI is InChI=1S/C21H20BrF3N4O/c1-3-13(2)30-17-9-7-15(8-10-17)28-20-26-12-18(21(23,24)25)19(29-20)27-16-6-4-5-14(22)11-16/h4-13H,3H2,1-2H3,(H2,26,27,28,29). The third-order valence-corrected chi connectivity index (χ3v) is 4.70. The number of nitrogens with zero attached hydrogens (tertiary/aromatic N) is 2. The number of anilines is 4. The fraction of sp³-hybridized carbons (Fsp3) is 0.238. The summed E-state index contributed by atoms with van der Waals surface area (Å²) in [6, 6.07) is 13.8. The van der Waals surface area contributed by atoms with Crippen molar-refractivity contribution in [3.8, 4) is 5.75 Å². The topological polar surface area (TPSA) is 59.1 Å². The van der Waals surface area contributed by atoms with Crippen LogP contribution in [0, 0.1) is 0 Å². The van der Waals surface area contributed by atoms with E-state index in [9.17, 15) is 13.2 Å². The van der Waals surface area contributed by atoms with Gasteiger partial charge in [0, 0.05) is 22.0 Å². The predicted octanol–water partition coefficient (Wildman–Crippen LogP) is 6.92. The second-order valence-corrected chi connectivity index (χ2v) is 7.49. The molecule has 0 amide bonds. The molecule has 5 nitrogen and oxygen atoms in total. The Balaban J connectivity index is 1.83. The zero-order valence-electron chi connectivity index (χ0n) is 16.3. The molecule has 0 spiro atoms. The van der Waals surface area contributed by atoms with E-state index in [0.717, 1.165) is 17.1 Å². The summed E-state index contributed by atoms with van der Waals surface area (Å²) in [7, 11) is 0. The van der Waals surface area contributed by atoms with Gasteiger partial charge in [0.05, 0.1) is 6.10 Å². The Morgan fingerprint density at radius 1 is 1.07 bits per heavy atom. The number of benzene rings is 2. The first-order chi connectivity index (χ1) is 14.2. The number of hydrogen-bond donors (Lipinski definition) is 2. The van der Waals surface area contributed by atoms with Crippen molar-refractivity contribution in [2.45, 2.75) is 32.5 Å². The molecule has 0 aliphatic rings. The molecule has 1 aromatic heterocycles. The van der Waals surface area contributed by atoms with Crippen molar-refractivity contribution in [2.24, 2.45) is 0 Å². The van der Waals surface area contributed by atoms with E-state index in [-0.39, 0.29) is 17.9 Å². The lowest BCUT2D eigenvalue weighted by Crippen LogP contribution is -2.12. The van der Waals surface area contributed by atoms with Gasteiger partial charge >= 0.3 is 6.18 Å². The van der Waals surface area contributed by atoms with E-state index < -0.39 is 11.7 Å². The Labute approximate surface area is 180 Å². The highest BCUT2D eigenvalue weighted by Gasteiger charge is 2.35. The smallest absolute Gasteiger partial charge is 0.421 e. The van der Waals surface area contributed by atoms with Crippen molar-refractivity contribution in [2.75, 3.05) is 10.6 Å². The zero-order valence-corrected chi connectivity index (χ0v) is 17.9. The van der Waals surface area contributed by atoms with E-state index >= 15 is 0 Å². The largest absolute Gasteiger partial charge is 0.491 e. The molecule has 30 heavy (non-hydrogen) atoms. The van der Waals surface area contributed by atoms with Crippen LogP contribution in [0.25, 0.3) is 0 Å². The van der Waals surface area contributed by atoms with Crippen LogP contribution in [0.5, 0.6) is 5.75 Å². The third kappa shape index (κ3) is 5.85. The minimum Gasteiger partial charge on any atom is -0.491 e. The lowest BCUT2D eigenvalue weighted by Gasteiger charge is -2.15. The first-order valence-electron chi connectivity index (χ1n) is 9.25. The quantitative estimate of drug-likeness (QED) is 0.384. The van der Waals surface area contributed by atoms with Crippen molar-refractivity contribution >= 4 is 39.1 Å². The fourth-order valence-corrected chi connectivity index (χ4v) is 2.91. The number of alkyl halides is 3. The molecule has 1 heterocycles. The molecule has 158 valence electrons. The van der Waals surface area contributed by atoms with Gasteiger partial charge in [0.15, 0.2) is 0 Å². The second-order valence-electron chi connectivity index (χ2n) is 6.58. The predicted molar refractivity (Wildman–Crippen MR) is 115 cm³/mol. The maximum absolute atomic E-state index is 13.4. The van der Waals surface area contributed by atoms with E-state index in [1.165, 1.54) is 0 Å². The van der Waals surface area contributed by atoms with Gasteiger partial charge in [0.25, 0.3) is 0 Å². The van der Waals surface area contributed by atoms with E-state index in [2.05, 4.69) is 36.5 Å². The lowest BCUT2D eigenvalue weighted by atomic mass is 10.2. The molecule has 0 aliphatic heterocycles. The number of rotatable bonds is 7. The van der Waals surface area contributed by atoms with Crippen LogP contribution in [-0.2, 0) is 6.18 Å². The number of aromatic nitrogens is 2. The number of hydrogen-bond acceptors (Lipinski definition) is 5. The first-order valence-corrected chi connectivity index (χ1v) is 10.0. The Kier molecular flexibility index (Phi) is 6.81.